The molecule has 1 unspecified atom stereocenters. The summed E-state index contributed by atoms with van der Waals surface area (Å²) in [6.45, 7) is 4.12. The molecule has 1 atom stereocenters. The van der Waals surface area contributed by atoms with E-state index in [1.54, 1.807) is 0 Å². The maximum atomic E-state index is 12.4. The summed E-state index contributed by atoms with van der Waals surface area (Å²) >= 11 is 0. The molecule has 128 valence electrons. The number of amides is 3. The van der Waals surface area contributed by atoms with Gasteiger partial charge in [0.1, 0.15) is 11.7 Å². The molecule has 4 N–H and O–H groups in total. The number of nitrogens with two attached hydrogens (primary N) is 1. The van der Waals surface area contributed by atoms with Gasteiger partial charge in [-0.05, 0) is 29.7 Å². The fourth-order valence-corrected chi connectivity index (χ4v) is 2.66. The molecule has 0 radical (unpaired) electrons. The van der Waals surface area contributed by atoms with Crippen LogP contribution in [0.3, 0.4) is 0 Å². The number of benzene rings is 1. The van der Waals surface area contributed by atoms with E-state index in [1.807, 2.05) is 18.2 Å². The Kier molecular flexibility index (Phi) is 4.22. The number of pyridine rings is 1. The van der Waals surface area contributed by atoms with Crippen LogP contribution in [0, 0.1) is 0 Å². The van der Waals surface area contributed by atoms with Crippen LogP contribution < -0.4 is 16.4 Å². The number of nitrogens with zero attached hydrogens (tertiary/aromatic N) is 1. The summed E-state index contributed by atoms with van der Waals surface area (Å²) in [4.78, 5) is 39.6. The van der Waals surface area contributed by atoms with Crippen LogP contribution in [-0.4, -0.2) is 22.7 Å². The second kappa shape index (κ2) is 6.35. The van der Waals surface area contributed by atoms with Gasteiger partial charge in [0.25, 0.3) is 11.8 Å². The quantitative estimate of drug-likeness (QED) is 0.787. The van der Waals surface area contributed by atoms with Gasteiger partial charge in [0.05, 0.1) is 5.56 Å². The number of carbonyl (C=O) groups excluding carboxylic acids is 3. The Morgan fingerprint density at radius 3 is 2.60 bits per heavy atom. The van der Waals surface area contributed by atoms with Crippen LogP contribution in [0.25, 0.3) is 0 Å². The fourth-order valence-electron chi connectivity index (χ4n) is 2.66. The van der Waals surface area contributed by atoms with Gasteiger partial charge >= 0.3 is 0 Å². The van der Waals surface area contributed by atoms with Crippen molar-refractivity contribution < 1.29 is 14.4 Å². The highest BCUT2D eigenvalue weighted by atomic mass is 16.2. The molecule has 1 aromatic heterocycles. The van der Waals surface area contributed by atoms with Gasteiger partial charge in [-0.15, -0.1) is 0 Å². The number of hydrogen-bond donors (Lipinski definition) is 3. The first-order chi connectivity index (χ1) is 11.9. The Hall–Kier alpha value is -3.22. The molecule has 0 saturated heterocycles. The van der Waals surface area contributed by atoms with Crippen LogP contribution in [0.15, 0.2) is 36.5 Å². The van der Waals surface area contributed by atoms with Gasteiger partial charge in [0.15, 0.2) is 0 Å². The molecule has 3 rings (SSSR count). The molecule has 1 aliphatic rings. The first-order valence-corrected chi connectivity index (χ1v) is 7.88. The van der Waals surface area contributed by atoms with Crippen molar-refractivity contribution in [3.05, 3.63) is 58.9 Å². The molecule has 25 heavy (non-hydrogen) atoms. The lowest BCUT2D eigenvalue weighted by molar-refractivity contribution is -0.117. The van der Waals surface area contributed by atoms with Gasteiger partial charge in [-0.25, -0.2) is 0 Å². The standard InChI is InChI=1S/C18H18N4O3/c1-9(2)10-3-5-13-12(7-10)15(18(25)21-13)22-17(24)14-6-4-11(8-20-14)16(19)23/h3-9,15H,1-2H3,(H2,19,23)(H,21,25)(H,22,24). The molecule has 0 fully saturated rings. The first kappa shape index (κ1) is 16.6. The highest BCUT2D eigenvalue weighted by Crippen LogP contribution is 2.33. The SMILES string of the molecule is CC(C)c1ccc2c(c1)C(NC(=O)c1ccc(C(N)=O)cn1)C(=O)N2. The molecule has 2 heterocycles. The van der Waals surface area contributed by atoms with E-state index in [0.717, 1.165) is 11.1 Å². The summed E-state index contributed by atoms with van der Waals surface area (Å²) in [6.07, 6.45) is 1.23. The summed E-state index contributed by atoms with van der Waals surface area (Å²) in [5.74, 6) is -1.11. The smallest absolute Gasteiger partial charge is 0.270 e. The summed E-state index contributed by atoms with van der Waals surface area (Å²) < 4.78 is 0. The van der Waals surface area contributed by atoms with Crippen LogP contribution in [0.4, 0.5) is 5.69 Å². The molecule has 0 saturated carbocycles. The van der Waals surface area contributed by atoms with E-state index in [4.69, 9.17) is 5.73 Å². The van der Waals surface area contributed by atoms with Gasteiger partial charge < -0.3 is 16.4 Å². The van der Waals surface area contributed by atoms with Crippen molar-refractivity contribution in [2.75, 3.05) is 5.32 Å². The lowest BCUT2D eigenvalue weighted by atomic mass is 9.98. The van der Waals surface area contributed by atoms with Crippen molar-refractivity contribution >= 4 is 23.4 Å². The zero-order valence-electron chi connectivity index (χ0n) is 13.9. The maximum absolute atomic E-state index is 12.4. The number of hydrogen-bond acceptors (Lipinski definition) is 4. The summed E-state index contributed by atoms with van der Waals surface area (Å²) in [7, 11) is 0. The van der Waals surface area contributed by atoms with Gasteiger partial charge in [-0.2, -0.15) is 0 Å². The van der Waals surface area contributed by atoms with E-state index in [9.17, 15) is 14.4 Å². The Morgan fingerprint density at radius 1 is 1.24 bits per heavy atom. The highest BCUT2D eigenvalue weighted by Gasteiger charge is 2.32. The average Bonchev–Trinajstić information content (AvgIpc) is 2.89. The van der Waals surface area contributed by atoms with Gasteiger partial charge in [-0.3, -0.25) is 19.4 Å². The second-order valence-electron chi connectivity index (χ2n) is 6.19. The van der Waals surface area contributed by atoms with E-state index in [-0.39, 0.29) is 17.2 Å². The van der Waals surface area contributed by atoms with Crippen LogP contribution in [0.1, 0.15) is 57.8 Å². The number of primary amides is 1. The number of rotatable bonds is 4. The molecule has 1 aromatic carbocycles. The Bertz CT molecular complexity index is 859. The lowest BCUT2D eigenvalue weighted by Gasteiger charge is -2.13. The Labute approximate surface area is 144 Å². The highest BCUT2D eigenvalue weighted by molar-refractivity contribution is 6.06. The van der Waals surface area contributed by atoms with Gasteiger partial charge in [0, 0.05) is 17.4 Å². The predicted molar refractivity (Wildman–Crippen MR) is 92.1 cm³/mol. The average molecular weight is 338 g/mol. The normalized spacial score (nSPS) is 15.6. The molecular weight excluding hydrogens is 320 g/mol. The predicted octanol–water partition coefficient (Wildman–Crippen LogP) is 1.73. The summed E-state index contributed by atoms with van der Waals surface area (Å²) in [5, 5.41) is 5.45. The van der Waals surface area contributed by atoms with Crippen molar-refractivity contribution in [2.45, 2.75) is 25.8 Å². The van der Waals surface area contributed by atoms with Gasteiger partial charge in [0.2, 0.25) is 5.91 Å². The Morgan fingerprint density at radius 2 is 2.00 bits per heavy atom. The molecule has 0 aliphatic carbocycles. The maximum Gasteiger partial charge on any atom is 0.270 e. The number of fused-ring (bicyclic) bond motifs is 1. The van der Waals surface area contributed by atoms with Gasteiger partial charge in [-0.1, -0.05) is 26.0 Å². The number of nitrogens with one attached hydrogen (secondary N) is 2. The minimum absolute atomic E-state index is 0.103. The van der Waals surface area contributed by atoms with Crippen LogP contribution in [-0.2, 0) is 4.79 Å². The third kappa shape index (κ3) is 3.21. The molecule has 7 nitrogen and oxygen atoms in total. The third-order valence-corrected chi connectivity index (χ3v) is 4.13. The van der Waals surface area contributed by atoms with E-state index < -0.39 is 17.9 Å². The fraction of sp³-hybridized carbons (Fsp3) is 0.222. The van der Waals surface area contributed by atoms with Crippen LogP contribution >= 0.6 is 0 Å². The van der Waals surface area contributed by atoms with Crippen molar-refractivity contribution in [1.29, 1.82) is 0 Å². The molecule has 1 aliphatic heterocycles. The van der Waals surface area contributed by atoms with Crippen molar-refractivity contribution in [3.8, 4) is 0 Å². The Balaban J connectivity index is 1.83. The zero-order chi connectivity index (χ0) is 18.1. The van der Waals surface area contributed by atoms with E-state index in [0.29, 0.717) is 11.6 Å². The summed E-state index contributed by atoms with van der Waals surface area (Å²) in [6, 6.07) is 7.76. The first-order valence-electron chi connectivity index (χ1n) is 7.88. The largest absolute Gasteiger partial charge is 0.366 e. The van der Waals surface area contributed by atoms with Crippen molar-refractivity contribution in [3.63, 3.8) is 0 Å². The van der Waals surface area contributed by atoms with Crippen molar-refractivity contribution in [1.82, 2.24) is 10.3 Å². The molecule has 7 heteroatoms. The summed E-state index contributed by atoms with van der Waals surface area (Å²) in [5.41, 5.74) is 7.97. The van der Waals surface area contributed by atoms with E-state index >= 15 is 0 Å². The number of aromatic nitrogens is 1. The lowest BCUT2D eigenvalue weighted by Crippen LogP contribution is -2.33. The van der Waals surface area contributed by atoms with Crippen LogP contribution in [0.5, 0.6) is 0 Å². The van der Waals surface area contributed by atoms with Crippen LogP contribution in [0.2, 0.25) is 0 Å². The van der Waals surface area contributed by atoms with E-state index in [1.165, 1.54) is 18.3 Å². The molecule has 0 spiro atoms. The number of anilines is 1. The molecule has 2 aromatic rings. The molecule has 3 amide bonds. The minimum Gasteiger partial charge on any atom is -0.366 e. The van der Waals surface area contributed by atoms with Crippen molar-refractivity contribution in [2.24, 2.45) is 5.73 Å². The number of carbonyl (C=O) groups is 3. The second-order valence-corrected chi connectivity index (χ2v) is 6.19. The monoisotopic (exact) mass is 338 g/mol. The topological polar surface area (TPSA) is 114 Å². The molecule has 0 bridgehead atoms. The third-order valence-electron chi connectivity index (χ3n) is 4.13. The molecular formula is C18H18N4O3. The zero-order valence-corrected chi connectivity index (χ0v) is 13.9. The van der Waals surface area contributed by atoms with E-state index in [2.05, 4.69) is 29.5 Å². The minimum atomic E-state index is -0.779.